The largest absolute Gasteiger partial charge is 0.466 e. The van der Waals surface area contributed by atoms with Crippen LogP contribution >= 0.6 is 0 Å². The number of hydrogen-bond acceptors (Lipinski definition) is 6. The Kier molecular flexibility index (Phi) is 4.08. The third kappa shape index (κ3) is 2.44. The summed E-state index contributed by atoms with van der Waals surface area (Å²) in [5.41, 5.74) is 0. The first-order valence-electron chi connectivity index (χ1n) is 6.28. The lowest BCUT2D eigenvalue weighted by atomic mass is 10.0. The van der Waals surface area contributed by atoms with Gasteiger partial charge in [0.2, 0.25) is 9.84 Å². The molecule has 0 aliphatic heterocycles. The highest BCUT2D eigenvalue weighted by Crippen LogP contribution is 2.42. The summed E-state index contributed by atoms with van der Waals surface area (Å²) in [6, 6.07) is 3.94. The van der Waals surface area contributed by atoms with Gasteiger partial charge in [-0.2, -0.15) is 0 Å². The van der Waals surface area contributed by atoms with E-state index in [1.54, 1.807) is 0 Å². The SMILES string of the molecule is COC(=O)C(F)(C1CCC(=O)C1)S(=O)(=O)c1ccccn1. The van der Waals surface area contributed by atoms with Crippen LogP contribution in [0.1, 0.15) is 19.3 Å². The average molecular weight is 315 g/mol. The molecule has 1 aliphatic rings. The maximum Gasteiger partial charge on any atom is 0.360 e. The van der Waals surface area contributed by atoms with E-state index in [1.807, 2.05) is 0 Å². The van der Waals surface area contributed by atoms with Gasteiger partial charge in [0.1, 0.15) is 5.78 Å². The van der Waals surface area contributed by atoms with Crippen molar-refractivity contribution in [3.63, 3.8) is 0 Å². The van der Waals surface area contributed by atoms with Crippen molar-refractivity contribution in [3.8, 4) is 0 Å². The summed E-state index contributed by atoms with van der Waals surface area (Å²) in [4.78, 5) is 26.8. The molecule has 1 aliphatic carbocycles. The van der Waals surface area contributed by atoms with Crippen molar-refractivity contribution < 1.29 is 27.1 Å². The minimum absolute atomic E-state index is 0.0174. The second-order valence-electron chi connectivity index (χ2n) is 4.79. The third-order valence-corrected chi connectivity index (χ3v) is 5.61. The highest BCUT2D eigenvalue weighted by molar-refractivity contribution is 7.93. The zero-order chi connectivity index (χ0) is 15.7. The van der Waals surface area contributed by atoms with Gasteiger partial charge in [-0.05, 0) is 18.6 Å². The monoisotopic (exact) mass is 315 g/mol. The Balaban J connectivity index is 2.55. The highest BCUT2D eigenvalue weighted by atomic mass is 32.2. The van der Waals surface area contributed by atoms with E-state index in [-0.39, 0.29) is 25.0 Å². The van der Waals surface area contributed by atoms with Crippen molar-refractivity contribution in [3.05, 3.63) is 24.4 Å². The van der Waals surface area contributed by atoms with E-state index >= 15 is 4.39 Å². The van der Waals surface area contributed by atoms with E-state index in [4.69, 9.17) is 0 Å². The van der Waals surface area contributed by atoms with Crippen LogP contribution in [0.5, 0.6) is 0 Å². The fraction of sp³-hybridized carbons (Fsp3) is 0.462. The van der Waals surface area contributed by atoms with E-state index in [1.165, 1.54) is 18.3 Å². The smallest absolute Gasteiger partial charge is 0.360 e. The lowest BCUT2D eigenvalue weighted by molar-refractivity contribution is -0.151. The average Bonchev–Trinajstić information content (AvgIpc) is 2.93. The maximum absolute atomic E-state index is 15.3. The molecule has 1 heterocycles. The first-order chi connectivity index (χ1) is 9.84. The van der Waals surface area contributed by atoms with Gasteiger partial charge in [-0.1, -0.05) is 6.07 Å². The van der Waals surface area contributed by atoms with E-state index in [9.17, 15) is 18.0 Å². The molecule has 0 bridgehead atoms. The van der Waals surface area contributed by atoms with Crippen LogP contribution in [0.25, 0.3) is 0 Å². The van der Waals surface area contributed by atoms with Gasteiger partial charge in [-0.3, -0.25) is 4.79 Å². The van der Waals surface area contributed by atoms with Crippen LogP contribution < -0.4 is 0 Å². The van der Waals surface area contributed by atoms with Gasteiger partial charge >= 0.3 is 11.0 Å². The molecule has 2 rings (SSSR count). The molecule has 0 amide bonds. The van der Waals surface area contributed by atoms with Gasteiger partial charge < -0.3 is 4.74 Å². The zero-order valence-corrected chi connectivity index (χ0v) is 12.1. The van der Waals surface area contributed by atoms with E-state index in [0.29, 0.717) is 0 Å². The number of nitrogens with zero attached hydrogens (tertiary/aromatic N) is 1. The number of methoxy groups -OCH3 is 1. The minimum Gasteiger partial charge on any atom is -0.466 e. The van der Waals surface area contributed by atoms with E-state index in [2.05, 4.69) is 9.72 Å². The van der Waals surface area contributed by atoms with Gasteiger partial charge in [0.05, 0.1) is 7.11 Å². The molecule has 2 atom stereocenters. The first kappa shape index (κ1) is 15.6. The summed E-state index contributed by atoms with van der Waals surface area (Å²) in [5, 5.41) is -3.86. The fourth-order valence-electron chi connectivity index (χ4n) is 2.42. The molecule has 1 fully saturated rings. The number of sulfone groups is 1. The number of Topliss-reactive ketones (excluding diaryl/α,β-unsaturated/α-hetero) is 1. The lowest BCUT2D eigenvalue weighted by Crippen LogP contribution is -2.49. The van der Waals surface area contributed by atoms with Gasteiger partial charge in [-0.15, -0.1) is 0 Å². The van der Waals surface area contributed by atoms with Gasteiger partial charge in [0.15, 0.2) is 5.03 Å². The Morgan fingerprint density at radius 3 is 2.67 bits per heavy atom. The molecule has 6 nitrogen and oxygen atoms in total. The summed E-state index contributed by atoms with van der Waals surface area (Å²) in [5.74, 6) is -3.06. The molecular weight excluding hydrogens is 301 g/mol. The molecule has 0 N–H and O–H groups in total. The predicted molar refractivity (Wildman–Crippen MR) is 69.6 cm³/mol. The van der Waals surface area contributed by atoms with Crippen molar-refractivity contribution in [1.82, 2.24) is 4.98 Å². The number of alkyl halides is 1. The number of ketones is 1. The van der Waals surface area contributed by atoms with Gasteiger partial charge in [-0.25, -0.2) is 22.6 Å². The second-order valence-corrected chi connectivity index (χ2v) is 6.81. The normalized spacial score (nSPS) is 21.8. The van der Waals surface area contributed by atoms with Crippen LogP contribution in [0.4, 0.5) is 4.39 Å². The molecule has 1 saturated carbocycles. The number of halogens is 1. The van der Waals surface area contributed by atoms with Crippen LogP contribution in [-0.4, -0.2) is 37.3 Å². The summed E-state index contributed by atoms with van der Waals surface area (Å²) >= 11 is 0. The zero-order valence-electron chi connectivity index (χ0n) is 11.3. The lowest BCUT2D eigenvalue weighted by Gasteiger charge is -2.27. The molecule has 114 valence electrons. The topological polar surface area (TPSA) is 90.4 Å². The fourth-order valence-corrected chi connectivity index (χ4v) is 4.13. The van der Waals surface area contributed by atoms with Gasteiger partial charge in [0, 0.05) is 25.0 Å². The molecule has 0 radical (unpaired) electrons. The van der Waals surface area contributed by atoms with Crippen LogP contribution in [0.2, 0.25) is 0 Å². The third-order valence-electron chi connectivity index (χ3n) is 3.54. The van der Waals surface area contributed by atoms with Crippen molar-refractivity contribution in [2.75, 3.05) is 7.11 Å². The Hall–Kier alpha value is -1.83. The molecule has 21 heavy (non-hydrogen) atoms. The molecule has 0 aromatic carbocycles. The second kappa shape index (κ2) is 5.51. The van der Waals surface area contributed by atoms with Crippen molar-refractivity contribution in [2.45, 2.75) is 29.3 Å². The molecule has 1 aromatic rings. The van der Waals surface area contributed by atoms with Crippen LogP contribution in [0.15, 0.2) is 29.4 Å². The number of carbonyl (C=O) groups excluding carboxylic acids is 2. The quantitative estimate of drug-likeness (QED) is 0.772. The van der Waals surface area contributed by atoms with Crippen molar-refractivity contribution in [2.24, 2.45) is 5.92 Å². The number of hydrogen-bond donors (Lipinski definition) is 0. The van der Waals surface area contributed by atoms with Crippen LogP contribution in [-0.2, 0) is 24.2 Å². The molecule has 2 unspecified atom stereocenters. The Morgan fingerprint density at radius 2 is 2.19 bits per heavy atom. The van der Waals surface area contributed by atoms with E-state index in [0.717, 1.165) is 13.2 Å². The summed E-state index contributed by atoms with van der Waals surface area (Å²) in [6.07, 6.45) is 0.906. The number of aromatic nitrogens is 1. The van der Waals surface area contributed by atoms with Crippen molar-refractivity contribution in [1.29, 1.82) is 0 Å². The number of pyridine rings is 1. The highest BCUT2D eigenvalue weighted by Gasteiger charge is 2.61. The Bertz CT molecular complexity index is 660. The molecule has 0 saturated heterocycles. The summed E-state index contributed by atoms with van der Waals surface area (Å²) < 4.78 is 44.6. The molecule has 0 spiro atoms. The Labute approximate surface area is 121 Å². The number of ether oxygens (including phenoxy) is 1. The molecule has 8 heteroatoms. The number of carbonyl (C=O) groups is 2. The standard InChI is InChI=1S/C13H14FNO5S/c1-20-12(17)13(14,9-5-6-10(16)8-9)21(18,19)11-4-2-3-7-15-11/h2-4,7,9H,5-6,8H2,1H3. The number of rotatable bonds is 4. The molecule has 1 aromatic heterocycles. The molecular formula is C13H14FNO5S. The van der Waals surface area contributed by atoms with Crippen LogP contribution in [0.3, 0.4) is 0 Å². The number of esters is 1. The predicted octanol–water partition coefficient (Wildman–Crippen LogP) is 1.06. The van der Waals surface area contributed by atoms with Crippen LogP contribution in [0, 0.1) is 5.92 Å². The van der Waals surface area contributed by atoms with Crippen molar-refractivity contribution >= 4 is 21.6 Å². The summed E-state index contributed by atoms with van der Waals surface area (Å²) in [7, 11) is -3.82. The van der Waals surface area contributed by atoms with Gasteiger partial charge in [0.25, 0.3) is 0 Å². The van der Waals surface area contributed by atoms with E-state index < -0.39 is 31.8 Å². The first-order valence-corrected chi connectivity index (χ1v) is 7.77. The maximum atomic E-state index is 15.3. The summed E-state index contributed by atoms with van der Waals surface area (Å²) in [6.45, 7) is 0. The Morgan fingerprint density at radius 1 is 1.48 bits per heavy atom. The minimum atomic E-state index is -4.72.